The van der Waals surface area contributed by atoms with Crippen LogP contribution in [0.3, 0.4) is 0 Å². The van der Waals surface area contributed by atoms with Gasteiger partial charge in [0.25, 0.3) is 0 Å². The number of aryl methyl sites for hydroxylation is 1. The van der Waals surface area contributed by atoms with E-state index in [1.807, 2.05) is 12.1 Å². The van der Waals surface area contributed by atoms with Crippen LogP contribution in [0.5, 0.6) is 0 Å². The van der Waals surface area contributed by atoms with Crippen LogP contribution >= 0.6 is 0 Å². The molecule has 5 heteroatoms. The Bertz CT molecular complexity index is 384. The van der Waals surface area contributed by atoms with E-state index in [4.69, 9.17) is 14.9 Å². The number of hydrogen-bond donors (Lipinski definition) is 2. The van der Waals surface area contributed by atoms with Crippen LogP contribution in [0.4, 0.5) is 0 Å². The normalized spacial score (nSPS) is 22.6. The van der Waals surface area contributed by atoms with E-state index in [0.717, 1.165) is 31.4 Å². The predicted octanol–water partition coefficient (Wildman–Crippen LogP) is 1.61. The molecular formula is C15H24N2O3. The maximum Gasteiger partial charge on any atom is 0.220 e. The minimum absolute atomic E-state index is 0.0377. The topological polar surface area (TPSA) is 77.5 Å². The van der Waals surface area contributed by atoms with Gasteiger partial charge in [-0.1, -0.05) is 0 Å². The van der Waals surface area contributed by atoms with Gasteiger partial charge in [-0.3, -0.25) is 4.79 Å². The average Bonchev–Trinajstić information content (AvgIpc) is 2.96. The number of furan rings is 1. The second kappa shape index (κ2) is 8.07. The van der Waals surface area contributed by atoms with E-state index in [1.165, 1.54) is 0 Å². The van der Waals surface area contributed by atoms with Gasteiger partial charge in [-0.05, 0) is 37.8 Å². The Morgan fingerprint density at radius 1 is 1.40 bits per heavy atom. The van der Waals surface area contributed by atoms with Gasteiger partial charge in [-0.25, -0.2) is 0 Å². The third-order valence-corrected chi connectivity index (χ3v) is 3.68. The van der Waals surface area contributed by atoms with Crippen LogP contribution in [0.25, 0.3) is 0 Å². The Hall–Kier alpha value is -1.33. The van der Waals surface area contributed by atoms with Gasteiger partial charge in [-0.2, -0.15) is 0 Å². The molecule has 1 aliphatic carbocycles. The van der Waals surface area contributed by atoms with Gasteiger partial charge in [0.15, 0.2) is 0 Å². The lowest BCUT2D eigenvalue weighted by molar-refractivity contribution is -0.121. The van der Waals surface area contributed by atoms with Gasteiger partial charge in [0.2, 0.25) is 5.91 Å². The Morgan fingerprint density at radius 2 is 2.20 bits per heavy atom. The van der Waals surface area contributed by atoms with Crippen LogP contribution in [-0.2, 0) is 16.0 Å². The number of hydrogen-bond acceptors (Lipinski definition) is 4. The van der Waals surface area contributed by atoms with Crippen molar-refractivity contribution in [2.24, 2.45) is 5.73 Å². The summed E-state index contributed by atoms with van der Waals surface area (Å²) in [6.07, 6.45) is 7.18. The van der Waals surface area contributed by atoms with E-state index in [1.54, 1.807) is 6.26 Å². The molecule has 0 aromatic carbocycles. The standard InChI is InChI=1S/C15H24N2O3/c16-12-3-5-14(6-4-12)20-11-9-17-15(18)8-7-13-2-1-10-19-13/h1-2,10,12,14H,3-9,11,16H2,(H,17,18). The van der Waals surface area contributed by atoms with Crippen LogP contribution in [0.15, 0.2) is 22.8 Å². The van der Waals surface area contributed by atoms with Gasteiger partial charge in [0, 0.05) is 25.4 Å². The van der Waals surface area contributed by atoms with E-state index in [9.17, 15) is 4.79 Å². The summed E-state index contributed by atoms with van der Waals surface area (Å²) in [6.45, 7) is 1.14. The highest BCUT2D eigenvalue weighted by Gasteiger charge is 2.18. The van der Waals surface area contributed by atoms with Gasteiger partial charge >= 0.3 is 0 Å². The van der Waals surface area contributed by atoms with Crippen LogP contribution in [0.1, 0.15) is 37.9 Å². The van der Waals surface area contributed by atoms with Gasteiger partial charge in [-0.15, -0.1) is 0 Å². The third kappa shape index (κ3) is 5.35. The van der Waals surface area contributed by atoms with Crippen LogP contribution in [0.2, 0.25) is 0 Å². The summed E-state index contributed by atoms with van der Waals surface area (Å²) in [5, 5.41) is 2.86. The largest absolute Gasteiger partial charge is 0.469 e. The Kier molecular flexibility index (Phi) is 6.08. The molecule has 1 aliphatic rings. The van der Waals surface area contributed by atoms with Crippen molar-refractivity contribution < 1.29 is 13.9 Å². The number of carbonyl (C=O) groups is 1. The van der Waals surface area contributed by atoms with Crippen LogP contribution < -0.4 is 11.1 Å². The van der Waals surface area contributed by atoms with Crippen molar-refractivity contribution in [3.05, 3.63) is 24.2 Å². The lowest BCUT2D eigenvalue weighted by Crippen LogP contribution is -2.33. The molecule has 0 spiro atoms. The van der Waals surface area contributed by atoms with E-state index in [2.05, 4.69) is 5.32 Å². The Labute approximate surface area is 119 Å². The molecule has 0 bridgehead atoms. The van der Waals surface area contributed by atoms with Crippen molar-refractivity contribution >= 4 is 5.91 Å². The van der Waals surface area contributed by atoms with E-state index in [-0.39, 0.29) is 5.91 Å². The maximum atomic E-state index is 11.6. The molecule has 3 N–H and O–H groups in total. The molecule has 0 unspecified atom stereocenters. The van der Waals surface area contributed by atoms with Crippen molar-refractivity contribution in [2.45, 2.75) is 50.7 Å². The first-order valence-corrected chi connectivity index (χ1v) is 7.40. The fraction of sp³-hybridized carbons (Fsp3) is 0.667. The molecule has 5 nitrogen and oxygen atoms in total. The summed E-state index contributed by atoms with van der Waals surface area (Å²) >= 11 is 0. The van der Waals surface area contributed by atoms with Gasteiger partial charge in [0.1, 0.15) is 5.76 Å². The van der Waals surface area contributed by atoms with Crippen molar-refractivity contribution in [1.29, 1.82) is 0 Å². The fourth-order valence-electron chi connectivity index (χ4n) is 2.45. The number of ether oxygens (including phenoxy) is 1. The molecular weight excluding hydrogens is 256 g/mol. The van der Waals surface area contributed by atoms with Crippen molar-refractivity contribution in [3.63, 3.8) is 0 Å². The molecule has 1 aromatic rings. The van der Waals surface area contributed by atoms with Crippen LogP contribution in [-0.4, -0.2) is 31.2 Å². The first-order valence-electron chi connectivity index (χ1n) is 7.40. The third-order valence-electron chi connectivity index (χ3n) is 3.68. The minimum Gasteiger partial charge on any atom is -0.469 e. The second-order valence-corrected chi connectivity index (χ2v) is 5.34. The van der Waals surface area contributed by atoms with Crippen molar-refractivity contribution in [3.8, 4) is 0 Å². The molecule has 1 amide bonds. The maximum absolute atomic E-state index is 11.6. The zero-order valence-corrected chi connectivity index (χ0v) is 11.8. The molecule has 0 atom stereocenters. The lowest BCUT2D eigenvalue weighted by Gasteiger charge is -2.26. The molecule has 0 radical (unpaired) electrons. The zero-order chi connectivity index (χ0) is 14.2. The van der Waals surface area contributed by atoms with Gasteiger partial charge in [0.05, 0.1) is 19.0 Å². The molecule has 20 heavy (non-hydrogen) atoms. The first kappa shape index (κ1) is 15.1. The van der Waals surface area contributed by atoms with E-state index < -0.39 is 0 Å². The second-order valence-electron chi connectivity index (χ2n) is 5.34. The highest BCUT2D eigenvalue weighted by Crippen LogP contribution is 2.19. The fourth-order valence-corrected chi connectivity index (χ4v) is 2.45. The van der Waals surface area contributed by atoms with E-state index >= 15 is 0 Å². The molecule has 1 saturated carbocycles. The summed E-state index contributed by atoms with van der Waals surface area (Å²) in [5.41, 5.74) is 5.84. The lowest BCUT2D eigenvalue weighted by atomic mass is 9.94. The number of nitrogens with one attached hydrogen (secondary N) is 1. The van der Waals surface area contributed by atoms with E-state index in [0.29, 0.717) is 38.1 Å². The highest BCUT2D eigenvalue weighted by atomic mass is 16.5. The predicted molar refractivity (Wildman–Crippen MR) is 76.2 cm³/mol. The molecule has 0 saturated heterocycles. The van der Waals surface area contributed by atoms with Crippen molar-refractivity contribution in [2.75, 3.05) is 13.2 Å². The molecule has 2 rings (SSSR count). The quantitative estimate of drug-likeness (QED) is 0.744. The number of nitrogens with two attached hydrogens (primary N) is 1. The summed E-state index contributed by atoms with van der Waals surface area (Å²) < 4.78 is 10.9. The smallest absolute Gasteiger partial charge is 0.220 e. The average molecular weight is 280 g/mol. The summed E-state index contributed by atoms with van der Waals surface area (Å²) in [5.74, 6) is 0.880. The monoisotopic (exact) mass is 280 g/mol. The number of rotatable bonds is 7. The first-order chi connectivity index (χ1) is 9.74. The van der Waals surface area contributed by atoms with Crippen LogP contribution in [0, 0.1) is 0 Å². The molecule has 1 fully saturated rings. The highest BCUT2D eigenvalue weighted by molar-refractivity contribution is 5.76. The number of carbonyl (C=O) groups excluding carboxylic acids is 1. The SMILES string of the molecule is NC1CCC(OCCNC(=O)CCc2ccco2)CC1. The Balaban J connectivity index is 1.49. The Morgan fingerprint density at radius 3 is 2.90 bits per heavy atom. The summed E-state index contributed by atoms with van der Waals surface area (Å²) in [7, 11) is 0. The number of amides is 1. The molecule has 0 aliphatic heterocycles. The molecule has 112 valence electrons. The molecule has 1 aromatic heterocycles. The minimum atomic E-state index is 0.0377. The summed E-state index contributed by atoms with van der Waals surface area (Å²) in [4.78, 5) is 11.6. The zero-order valence-electron chi connectivity index (χ0n) is 11.8. The van der Waals surface area contributed by atoms with Gasteiger partial charge < -0.3 is 20.2 Å². The summed E-state index contributed by atoms with van der Waals surface area (Å²) in [6, 6.07) is 4.05. The molecule has 1 heterocycles. The van der Waals surface area contributed by atoms with Crippen molar-refractivity contribution in [1.82, 2.24) is 5.32 Å².